The van der Waals surface area contributed by atoms with Gasteiger partial charge in [0.15, 0.2) is 0 Å². The van der Waals surface area contributed by atoms with Crippen LogP contribution in [0.3, 0.4) is 0 Å². The van der Waals surface area contributed by atoms with Gasteiger partial charge in [0.1, 0.15) is 11.8 Å². The average Bonchev–Trinajstić information content (AvgIpc) is 2.61. The third-order valence-corrected chi connectivity index (χ3v) is 4.61. The molecule has 126 valence electrons. The number of para-hydroxylation sites is 1. The lowest BCUT2D eigenvalue weighted by Crippen LogP contribution is -2.44. The maximum atomic E-state index is 12.8. The zero-order chi connectivity index (χ0) is 17.1. The van der Waals surface area contributed by atoms with Crippen molar-refractivity contribution in [3.8, 4) is 5.75 Å². The molecule has 1 amide bonds. The Labute approximate surface area is 143 Å². The molecule has 0 saturated carbocycles. The van der Waals surface area contributed by atoms with Crippen LogP contribution >= 0.6 is 0 Å². The van der Waals surface area contributed by atoms with E-state index in [0.717, 1.165) is 30.6 Å². The maximum absolute atomic E-state index is 12.8. The molecule has 0 spiro atoms. The number of nitrogens with one attached hydrogen (secondary N) is 1. The Morgan fingerprint density at radius 2 is 2.04 bits per heavy atom. The highest BCUT2D eigenvalue weighted by Gasteiger charge is 2.26. The van der Waals surface area contributed by atoms with Crippen LogP contribution < -0.4 is 15.0 Å². The monoisotopic (exact) mass is 324 g/mol. The fourth-order valence-electron chi connectivity index (χ4n) is 3.26. The van der Waals surface area contributed by atoms with E-state index >= 15 is 0 Å². The minimum absolute atomic E-state index is 0.0180. The Morgan fingerprint density at radius 3 is 2.83 bits per heavy atom. The van der Waals surface area contributed by atoms with Gasteiger partial charge in [0.05, 0.1) is 12.8 Å². The van der Waals surface area contributed by atoms with E-state index in [4.69, 9.17) is 4.74 Å². The van der Waals surface area contributed by atoms with Crippen molar-refractivity contribution < 1.29 is 9.53 Å². The van der Waals surface area contributed by atoms with Crippen LogP contribution in [-0.4, -0.2) is 25.6 Å². The Bertz CT molecular complexity index is 742. The van der Waals surface area contributed by atoms with Gasteiger partial charge in [-0.2, -0.15) is 0 Å². The van der Waals surface area contributed by atoms with Crippen LogP contribution in [0, 0.1) is 6.92 Å². The molecule has 1 aliphatic heterocycles. The van der Waals surface area contributed by atoms with Gasteiger partial charge in [-0.05, 0) is 56.0 Å². The quantitative estimate of drug-likeness (QED) is 0.930. The summed E-state index contributed by atoms with van der Waals surface area (Å²) in [5.41, 5.74) is 4.29. The van der Waals surface area contributed by atoms with Gasteiger partial charge in [-0.25, -0.2) is 0 Å². The van der Waals surface area contributed by atoms with E-state index in [2.05, 4.69) is 28.4 Å². The number of benzene rings is 2. The van der Waals surface area contributed by atoms with Crippen LogP contribution in [0.15, 0.2) is 42.5 Å². The van der Waals surface area contributed by atoms with Crippen molar-refractivity contribution in [2.24, 2.45) is 0 Å². The Kier molecular flexibility index (Phi) is 4.74. The third kappa shape index (κ3) is 3.23. The highest BCUT2D eigenvalue weighted by Crippen LogP contribution is 2.30. The molecule has 0 unspecified atom stereocenters. The first-order valence-electron chi connectivity index (χ1n) is 8.40. The van der Waals surface area contributed by atoms with Gasteiger partial charge in [0.25, 0.3) is 0 Å². The summed E-state index contributed by atoms with van der Waals surface area (Å²) in [6.45, 7) is 4.86. The fourth-order valence-corrected chi connectivity index (χ4v) is 3.26. The predicted molar refractivity (Wildman–Crippen MR) is 97.9 cm³/mol. The average molecular weight is 324 g/mol. The first kappa shape index (κ1) is 16.4. The summed E-state index contributed by atoms with van der Waals surface area (Å²) >= 11 is 0. The highest BCUT2D eigenvalue weighted by molar-refractivity contribution is 5.98. The molecule has 2 aromatic carbocycles. The zero-order valence-corrected chi connectivity index (χ0v) is 14.5. The van der Waals surface area contributed by atoms with Crippen molar-refractivity contribution >= 4 is 17.3 Å². The highest BCUT2D eigenvalue weighted by atomic mass is 16.5. The molecule has 24 heavy (non-hydrogen) atoms. The summed E-state index contributed by atoms with van der Waals surface area (Å²) in [5, 5.41) is 3.02. The molecule has 4 nitrogen and oxygen atoms in total. The molecule has 0 fully saturated rings. The number of anilines is 2. The number of ether oxygens (including phenoxy) is 1. The minimum atomic E-state index is -0.239. The molecule has 1 atom stereocenters. The zero-order valence-electron chi connectivity index (χ0n) is 14.5. The summed E-state index contributed by atoms with van der Waals surface area (Å²) in [4.78, 5) is 15.0. The predicted octanol–water partition coefficient (Wildman–Crippen LogP) is 3.78. The van der Waals surface area contributed by atoms with E-state index in [9.17, 15) is 4.79 Å². The molecule has 2 aromatic rings. The van der Waals surface area contributed by atoms with E-state index < -0.39 is 0 Å². The van der Waals surface area contributed by atoms with Crippen LogP contribution in [0.2, 0.25) is 0 Å². The molecular weight excluding hydrogens is 300 g/mol. The van der Waals surface area contributed by atoms with Crippen molar-refractivity contribution in [1.82, 2.24) is 0 Å². The molecule has 0 radical (unpaired) electrons. The number of hydrogen-bond donors (Lipinski definition) is 1. The molecule has 1 N–H and O–H groups in total. The molecule has 1 heterocycles. The van der Waals surface area contributed by atoms with Gasteiger partial charge in [-0.1, -0.05) is 24.3 Å². The Balaban J connectivity index is 1.80. The van der Waals surface area contributed by atoms with E-state index in [0.29, 0.717) is 5.75 Å². The number of amides is 1. The lowest BCUT2D eigenvalue weighted by molar-refractivity contribution is -0.117. The van der Waals surface area contributed by atoms with Crippen LogP contribution in [0.5, 0.6) is 5.75 Å². The molecule has 4 heteroatoms. The van der Waals surface area contributed by atoms with Crippen molar-refractivity contribution in [1.29, 1.82) is 0 Å². The van der Waals surface area contributed by atoms with Crippen molar-refractivity contribution in [2.75, 3.05) is 23.9 Å². The topological polar surface area (TPSA) is 41.6 Å². The first-order chi connectivity index (χ1) is 11.6. The van der Waals surface area contributed by atoms with Crippen molar-refractivity contribution in [3.05, 3.63) is 53.6 Å². The Hall–Kier alpha value is -2.49. The first-order valence-corrected chi connectivity index (χ1v) is 8.40. The fraction of sp³-hybridized carbons (Fsp3) is 0.350. The second kappa shape index (κ2) is 6.95. The number of fused-ring (bicyclic) bond motifs is 1. The van der Waals surface area contributed by atoms with Gasteiger partial charge < -0.3 is 15.0 Å². The summed E-state index contributed by atoms with van der Waals surface area (Å²) in [5.74, 6) is 0.663. The largest absolute Gasteiger partial charge is 0.495 e. The molecule has 1 aliphatic rings. The lowest BCUT2D eigenvalue weighted by atomic mass is 10.00. The van der Waals surface area contributed by atoms with Crippen LogP contribution in [0.25, 0.3) is 0 Å². The number of rotatable bonds is 4. The van der Waals surface area contributed by atoms with Gasteiger partial charge >= 0.3 is 0 Å². The molecule has 0 aromatic heterocycles. The Morgan fingerprint density at radius 1 is 1.25 bits per heavy atom. The summed E-state index contributed by atoms with van der Waals surface area (Å²) in [6.07, 6.45) is 2.15. The van der Waals surface area contributed by atoms with E-state index in [1.807, 2.05) is 38.1 Å². The van der Waals surface area contributed by atoms with Crippen LogP contribution in [-0.2, 0) is 11.2 Å². The summed E-state index contributed by atoms with van der Waals surface area (Å²) < 4.78 is 5.35. The van der Waals surface area contributed by atoms with E-state index in [1.54, 1.807) is 7.11 Å². The van der Waals surface area contributed by atoms with Crippen LogP contribution in [0.4, 0.5) is 11.4 Å². The lowest BCUT2D eigenvalue weighted by Gasteiger charge is -2.35. The number of carbonyl (C=O) groups excluding carboxylic acids is 1. The van der Waals surface area contributed by atoms with Gasteiger partial charge in [0.2, 0.25) is 5.91 Å². The minimum Gasteiger partial charge on any atom is -0.495 e. The standard InChI is InChI=1S/C20H24N2O2/c1-14-10-11-19(24-3)17(13-14)21-20(23)15(2)22-12-6-8-16-7-4-5-9-18(16)22/h4-5,7,9-11,13,15H,6,8,12H2,1-3H3,(H,21,23)/t15-/m0/s1. The number of carbonyl (C=O) groups is 1. The number of hydrogen-bond acceptors (Lipinski definition) is 3. The SMILES string of the molecule is COc1ccc(C)cc1NC(=O)[C@H](C)N1CCCc2ccccc21. The number of aryl methyl sites for hydroxylation is 2. The molecule has 0 aliphatic carbocycles. The molecule has 0 bridgehead atoms. The second-order valence-corrected chi connectivity index (χ2v) is 6.29. The van der Waals surface area contributed by atoms with Gasteiger partial charge in [0, 0.05) is 12.2 Å². The molecule has 3 rings (SSSR count). The van der Waals surface area contributed by atoms with Gasteiger partial charge in [-0.3, -0.25) is 4.79 Å². The van der Waals surface area contributed by atoms with E-state index in [1.165, 1.54) is 11.3 Å². The van der Waals surface area contributed by atoms with Crippen molar-refractivity contribution in [3.63, 3.8) is 0 Å². The van der Waals surface area contributed by atoms with Gasteiger partial charge in [-0.15, -0.1) is 0 Å². The van der Waals surface area contributed by atoms with Crippen LogP contribution in [0.1, 0.15) is 24.5 Å². The number of nitrogens with zero attached hydrogens (tertiary/aromatic N) is 1. The molecule has 0 saturated heterocycles. The summed E-state index contributed by atoms with van der Waals surface area (Å²) in [6, 6.07) is 13.9. The maximum Gasteiger partial charge on any atom is 0.246 e. The number of methoxy groups -OCH3 is 1. The summed E-state index contributed by atoms with van der Waals surface area (Å²) in [7, 11) is 1.62. The van der Waals surface area contributed by atoms with E-state index in [-0.39, 0.29) is 11.9 Å². The molecular formula is C20H24N2O2. The van der Waals surface area contributed by atoms with Crippen molar-refractivity contribution in [2.45, 2.75) is 32.7 Å². The normalized spacial score (nSPS) is 14.7. The third-order valence-electron chi connectivity index (χ3n) is 4.61. The smallest absolute Gasteiger partial charge is 0.246 e. The second-order valence-electron chi connectivity index (χ2n) is 6.29.